The maximum atomic E-state index is 12.5. The van der Waals surface area contributed by atoms with Crippen molar-refractivity contribution in [2.24, 2.45) is 0 Å². The highest BCUT2D eigenvalue weighted by molar-refractivity contribution is 7.07. The third kappa shape index (κ3) is 6.94. The number of amides is 1. The van der Waals surface area contributed by atoms with Crippen molar-refractivity contribution in [2.75, 3.05) is 36.5 Å². The quantitative estimate of drug-likeness (QED) is 0.474. The molecule has 4 rings (SSSR count). The lowest BCUT2D eigenvalue weighted by molar-refractivity contribution is 0.0953. The van der Waals surface area contributed by atoms with Crippen molar-refractivity contribution >= 4 is 34.9 Å². The van der Waals surface area contributed by atoms with E-state index in [0.717, 1.165) is 48.8 Å². The van der Waals surface area contributed by atoms with Crippen LogP contribution in [0.1, 0.15) is 56.7 Å². The van der Waals surface area contributed by atoms with Crippen LogP contribution >= 0.6 is 11.5 Å². The number of hydrogen-bond donors (Lipinski definition) is 2. The number of ether oxygens (including phenoxy) is 1. The maximum absolute atomic E-state index is 12.5. The summed E-state index contributed by atoms with van der Waals surface area (Å²) in [4.78, 5) is 24.5. The van der Waals surface area contributed by atoms with Gasteiger partial charge in [-0.05, 0) is 42.6 Å². The van der Waals surface area contributed by atoms with Gasteiger partial charge in [0.25, 0.3) is 5.91 Å². The average Bonchev–Trinajstić information content (AvgIpc) is 3.31. The van der Waals surface area contributed by atoms with Gasteiger partial charge in [-0.3, -0.25) is 4.79 Å². The molecule has 0 saturated carbocycles. The van der Waals surface area contributed by atoms with Crippen LogP contribution in [0.25, 0.3) is 0 Å². The Morgan fingerprint density at radius 3 is 2.56 bits per heavy atom. The lowest BCUT2D eigenvalue weighted by Crippen LogP contribution is -2.37. The van der Waals surface area contributed by atoms with Gasteiger partial charge in [-0.2, -0.15) is 4.98 Å². The molecule has 1 fully saturated rings. The molecule has 1 aliphatic rings. The molecule has 1 amide bonds. The predicted octanol–water partition coefficient (Wildman–Crippen LogP) is 4.62. The van der Waals surface area contributed by atoms with E-state index in [1.54, 1.807) is 6.92 Å². The number of rotatable bonds is 8. The number of aromatic nitrogens is 4. The number of benzene rings is 1. The van der Waals surface area contributed by atoms with Gasteiger partial charge < -0.3 is 20.3 Å². The summed E-state index contributed by atoms with van der Waals surface area (Å²) in [6.45, 7) is 11.0. The first kappa shape index (κ1) is 25.5. The minimum absolute atomic E-state index is 0. The lowest BCUT2D eigenvalue weighted by atomic mass is 10.1. The van der Waals surface area contributed by atoms with Gasteiger partial charge >= 0.3 is 0 Å². The third-order valence-corrected chi connectivity index (χ3v) is 5.94. The van der Waals surface area contributed by atoms with Gasteiger partial charge in [0.2, 0.25) is 5.95 Å². The normalized spacial score (nSPS) is 13.1. The molecule has 0 atom stereocenters. The van der Waals surface area contributed by atoms with E-state index in [1.165, 1.54) is 5.56 Å². The van der Waals surface area contributed by atoms with Gasteiger partial charge in [0.05, 0.1) is 31.1 Å². The minimum atomic E-state index is -0.204. The SMILES string of the molecule is CC.CCCc1ccc(Nc2cc(CNC(=O)c3snnc3C)nc(N3CCOCC3)n2)cc1.[HH].[HH]. The summed E-state index contributed by atoms with van der Waals surface area (Å²) in [5.41, 5.74) is 3.61. The molecule has 1 aliphatic heterocycles. The van der Waals surface area contributed by atoms with Crippen molar-refractivity contribution in [1.82, 2.24) is 24.9 Å². The summed E-state index contributed by atoms with van der Waals surface area (Å²) in [6.07, 6.45) is 2.18. The molecule has 1 aromatic carbocycles. The molecule has 1 saturated heterocycles. The van der Waals surface area contributed by atoms with Gasteiger partial charge in [-0.15, -0.1) is 5.10 Å². The van der Waals surface area contributed by atoms with Gasteiger partial charge in [-0.25, -0.2) is 4.98 Å². The van der Waals surface area contributed by atoms with Crippen LogP contribution < -0.4 is 15.5 Å². The molecule has 3 aromatic rings. The molecule has 3 heterocycles. The second-order valence-electron chi connectivity index (χ2n) is 7.59. The fourth-order valence-electron chi connectivity index (χ4n) is 3.43. The summed E-state index contributed by atoms with van der Waals surface area (Å²) >= 11 is 1.09. The summed E-state index contributed by atoms with van der Waals surface area (Å²) in [5.74, 6) is 1.11. The van der Waals surface area contributed by atoms with E-state index in [9.17, 15) is 4.79 Å². The van der Waals surface area contributed by atoms with E-state index in [4.69, 9.17) is 9.72 Å². The number of nitrogens with one attached hydrogen (secondary N) is 2. The minimum Gasteiger partial charge on any atom is -0.378 e. The van der Waals surface area contributed by atoms with Crippen molar-refractivity contribution in [3.8, 4) is 0 Å². The van der Waals surface area contributed by atoms with Crippen LogP contribution in [0.4, 0.5) is 17.5 Å². The highest BCUT2D eigenvalue weighted by Gasteiger charge is 2.17. The number of carbonyl (C=O) groups is 1. The fraction of sp³-hybridized carbons (Fsp3) is 0.458. The van der Waals surface area contributed by atoms with Crippen LogP contribution in [0.15, 0.2) is 30.3 Å². The molecule has 186 valence electrons. The second kappa shape index (κ2) is 13.0. The van der Waals surface area contributed by atoms with Crippen molar-refractivity contribution < 1.29 is 12.4 Å². The van der Waals surface area contributed by atoms with Crippen molar-refractivity contribution in [2.45, 2.75) is 47.1 Å². The van der Waals surface area contributed by atoms with E-state index in [-0.39, 0.29) is 15.3 Å². The number of anilines is 3. The molecule has 9 nitrogen and oxygen atoms in total. The zero-order valence-electron chi connectivity index (χ0n) is 20.3. The molecule has 2 aromatic heterocycles. The Balaban J connectivity index is 0.00000158. The monoisotopic (exact) mass is 487 g/mol. The summed E-state index contributed by atoms with van der Waals surface area (Å²) in [6, 6.07) is 10.2. The van der Waals surface area contributed by atoms with Crippen LogP contribution in [0.5, 0.6) is 0 Å². The van der Waals surface area contributed by atoms with Crippen molar-refractivity contribution in [3.05, 3.63) is 52.2 Å². The Morgan fingerprint density at radius 2 is 1.91 bits per heavy atom. The predicted molar refractivity (Wildman–Crippen MR) is 140 cm³/mol. The van der Waals surface area contributed by atoms with E-state index in [0.29, 0.717) is 35.6 Å². The molecule has 0 unspecified atom stereocenters. The first-order valence-corrected chi connectivity index (χ1v) is 12.5. The Bertz CT molecular complexity index is 1060. The topological polar surface area (TPSA) is 105 Å². The fourth-order valence-corrected chi connectivity index (χ4v) is 4.00. The lowest BCUT2D eigenvalue weighted by Gasteiger charge is -2.27. The molecule has 0 spiro atoms. The first-order chi connectivity index (χ1) is 16.6. The van der Waals surface area contributed by atoms with E-state index >= 15 is 0 Å². The largest absolute Gasteiger partial charge is 0.378 e. The Morgan fingerprint density at radius 1 is 1.18 bits per heavy atom. The van der Waals surface area contributed by atoms with Crippen molar-refractivity contribution in [1.29, 1.82) is 0 Å². The molecule has 0 radical (unpaired) electrons. The number of hydrogen-bond acceptors (Lipinski definition) is 9. The van der Waals surface area contributed by atoms with Crippen LogP contribution in [0.2, 0.25) is 0 Å². The van der Waals surface area contributed by atoms with Crippen LogP contribution in [0.3, 0.4) is 0 Å². The highest BCUT2D eigenvalue weighted by Crippen LogP contribution is 2.21. The van der Waals surface area contributed by atoms with Crippen LogP contribution in [0, 0.1) is 6.92 Å². The smallest absolute Gasteiger partial charge is 0.265 e. The standard InChI is InChI=1S/C22H27N7O2S.C2H6.2H2/c1-3-4-16-5-7-17(8-6-16)24-19-13-18(14-23-21(30)20-15(2)27-28-32-20)25-22(26-19)29-9-11-31-12-10-29;1-2;;/h5-8,13H,3-4,9-12,14H2,1-2H3,(H,23,30)(H,24,25,26);1-2H3;2*1H. The van der Waals surface area contributed by atoms with E-state index in [1.807, 2.05) is 19.9 Å². The Hall–Kier alpha value is -3.11. The summed E-state index contributed by atoms with van der Waals surface area (Å²) in [7, 11) is 0. The van der Waals surface area contributed by atoms with Crippen LogP contribution in [-0.4, -0.2) is 51.8 Å². The Labute approximate surface area is 208 Å². The van der Waals surface area contributed by atoms with Crippen molar-refractivity contribution in [3.63, 3.8) is 0 Å². The summed E-state index contributed by atoms with van der Waals surface area (Å²) < 4.78 is 9.29. The molecule has 0 aliphatic carbocycles. The van der Waals surface area contributed by atoms with Gasteiger partial charge in [0, 0.05) is 27.7 Å². The van der Waals surface area contributed by atoms with Crippen LogP contribution in [-0.2, 0) is 17.7 Å². The van der Waals surface area contributed by atoms with E-state index < -0.39 is 0 Å². The summed E-state index contributed by atoms with van der Waals surface area (Å²) in [5, 5.41) is 10.2. The number of morpholine rings is 1. The van der Waals surface area contributed by atoms with Gasteiger partial charge in [0.1, 0.15) is 10.7 Å². The average molecular weight is 488 g/mol. The molecule has 34 heavy (non-hydrogen) atoms. The molecule has 10 heteroatoms. The molecular formula is C24H37N7O2S. The zero-order chi connectivity index (χ0) is 24.3. The van der Waals surface area contributed by atoms with Gasteiger partial charge in [0.15, 0.2) is 0 Å². The van der Waals surface area contributed by atoms with Gasteiger partial charge in [-0.1, -0.05) is 43.8 Å². The number of nitrogens with zero attached hydrogens (tertiary/aromatic N) is 5. The molecular weight excluding hydrogens is 450 g/mol. The number of carbonyl (C=O) groups excluding carboxylic acids is 1. The Kier molecular flexibility index (Phi) is 9.72. The highest BCUT2D eigenvalue weighted by atomic mass is 32.1. The number of aryl methyl sites for hydroxylation is 2. The second-order valence-corrected chi connectivity index (χ2v) is 8.34. The first-order valence-electron chi connectivity index (χ1n) is 11.8. The van der Waals surface area contributed by atoms with E-state index in [2.05, 4.69) is 61.3 Å². The zero-order valence-corrected chi connectivity index (χ0v) is 21.1. The maximum Gasteiger partial charge on any atom is 0.265 e. The molecule has 0 bridgehead atoms. The third-order valence-electron chi connectivity index (χ3n) is 5.11. The molecule has 2 N–H and O–H groups in total.